The molecule has 0 bridgehead atoms. The molecular formula is C20H32N4O3S. The minimum Gasteiger partial charge on any atom is -0.379 e. The summed E-state index contributed by atoms with van der Waals surface area (Å²) in [5, 5.41) is 9.80. The van der Waals surface area contributed by atoms with Gasteiger partial charge in [0.15, 0.2) is 0 Å². The molecule has 3 rings (SSSR count). The zero-order chi connectivity index (χ0) is 19.6. The second-order valence-electron chi connectivity index (χ2n) is 7.44. The lowest BCUT2D eigenvalue weighted by Gasteiger charge is -2.30. The molecule has 2 saturated heterocycles. The molecule has 2 N–H and O–H groups in total. The Balaban J connectivity index is 1.45. The second kappa shape index (κ2) is 11.5. The van der Waals surface area contributed by atoms with Gasteiger partial charge in [0.1, 0.15) is 0 Å². The molecule has 2 aliphatic heterocycles. The van der Waals surface area contributed by atoms with Crippen LogP contribution in [0.4, 0.5) is 0 Å². The van der Waals surface area contributed by atoms with E-state index in [-0.39, 0.29) is 6.04 Å². The quantitative estimate of drug-likeness (QED) is 0.664. The van der Waals surface area contributed by atoms with E-state index in [9.17, 15) is 9.59 Å². The summed E-state index contributed by atoms with van der Waals surface area (Å²) in [6, 6.07) is 2.25. The summed E-state index contributed by atoms with van der Waals surface area (Å²) in [6.45, 7) is 6.99. The van der Waals surface area contributed by atoms with Gasteiger partial charge in [0.25, 0.3) is 0 Å². The van der Waals surface area contributed by atoms with Crippen molar-refractivity contribution in [2.75, 3.05) is 59.0 Å². The summed E-state index contributed by atoms with van der Waals surface area (Å²) in [5.41, 5.74) is 1.22. The Morgan fingerprint density at radius 1 is 1.04 bits per heavy atom. The van der Waals surface area contributed by atoms with Gasteiger partial charge in [-0.25, -0.2) is 0 Å². The van der Waals surface area contributed by atoms with E-state index >= 15 is 0 Å². The second-order valence-corrected chi connectivity index (χ2v) is 8.22. The fraction of sp³-hybridized carbons (Fsp3) is 0.700. The molecule has 1 aromatic heterocycles. The Bertz CT molecular complexity index is 597. The average Bonchev–Trinajstić information content (AvgIpc) is 3.11. The van der Waals surface area contributed by atoms with Crippen molar-refractivity contribution in [3.8, 4) is 0 Å². The topological polar surface area (TPSA) is 73.9 Å². The monoisotopic (exact) mass is 408 g/mol. The number of ether oxygens (including phenoxy) is 1. The number of carbonyl (C=O) groups excluding carboxylic acids is 2. The van der Waals surface area contributed by atoms with E-state index in [1.165, 1.54) is 31.2 Å². The molecule has 2 amide bonds. The number of nitrogens with one attached hydrogen (secondary N) is 2. The number of likely N-dealkylation sites (tertiary alicyclic amines) is 1. The standard InChI is InChI=1S/C20H32N4O3S/c25-19(21-6-9-23-10-12-27-13-11-23)20(26)22-15-18(17-5-14-28-16-17)24-7-3-1-2-4-8-24/h5,14,16,18H,1-4,6-13,15H2,(H,21,25)(H,22,26)/t18-/m0/s1. The fourth-order valence-electron chi connectivity index (χ4n) is 3.83. The van der Waals surface area contributed by atoms with Crippen molar-refractivity contribution >= 4 is 23.2 Å². The molecule has 0 spiro atoms. The third-order valence-electron chi connectivity index (χ3n) is 5.49. The summed E-state index contributed by atoms with van der Waals surface area (Å²) in [5.74, 6) is -1.09. The highest BCUT2D eigenvalue weighted by Crippen LogP contribution is 2.25. The van der Waals surface area contributed by atoms with Gasteiger partial charge in [0.05, 0.1) is 19.3 Å². The molecule has 28 heavy (non-hydrogen) atoms. The maximum absolute atomic E-state index is 12.3. The maximum atomic E-state index is 12.3. The first-order valence-electron chi connectivity index (χ1n) is 10.4. The molecule has 1 aromatic rings. The first kappa shape index (κ1) is 21.2. The number of amides is 2. The van der Waals surface area contributed by atoms with E-state index in [2.05, 4.69) is 37.3 Å². The molecule has 2 aliphatic rings. The van der Waals surface area contributed by atoms with Crippen molar-refractivity contribution in [3.05, 3.63) is 22.4 Å². The van der Waals surface area contributed by atoms with Crippen LogP contribution in [0, 0.1) is 0 Å². The highest BCUT2D eigenvalue weighted by molar-refractivity contribution is 7.07. The smallest absolute Gasteiger partial charge is 0.309 e. The van der Waals surface area contributed by atoms with Gasteiger partial charge in [-0.1, -0.05) is 12.8 Å². The van der Waals surface area contributed by atoms with Crippen LogP contribution in [-0.2, 0) is 14.3 Å². The van der Waals surface area contributed by atoms with Crippen molar-refractivity contribution in [3.63, 3.8) is 0 Å². The van der Waals surface area contributed by atoms with Gasteiger partial charge < -0.3 is 15.4 Å². The molecule has 1 atom stereocenters. The molecule has 2 fully saturated rings. The van der Waals surface area contributed by atoms with Crippen LogP contribution in [0.3, 0.4) is 0 Å². The summed E-state index contributed by atoms with van der Waals surface area (Å²) < 4.78 is 5.31. The van der Waals surface area contributed by atoms with E-state index in [4.69, 9.17) is 4.74 Å². The van der Waals surface area contributed by atoms with Crippen LogP contribution in [0.15, 0.2) is 16.8 Å². The number of morpholine rings is 1. The van der Waals surface area contributed by atoms with Crippen LogP contribution in [0.5, 0.6) is 0 Å². The molecule has 0 unspecified atom stereocenters. The molecule has 156 valence electrons. The van der Waals surface area contributed by atoms with Gasteiger partial charge in [-0.3, -0.25) is 19.4 Å². The summed E-state index contributed by atoms with van der Waals surface area (Å²) in [7, 11) is 0. The molecule has 0 radical (unpaired) electrons. The lowest BCUT2D eigenvalue weighted by atomic mass is 10.1. The van der Waals surface area contributed by atoms with Crippen molar-refractivity contribution in [1.82, 2.24) is 20.4 Å². The Morgan fingerprint density at radius 3 is 2.43 bits per heavy atom. The molecule has 7 nitrogen and oxygen atoms in total. The number of rotatable bonds is 7. The lowest BCUT2D eigenvalue weighted by Crippen LogP contribution is -2.46. The molecule has 3 heterocycles. The van der Waals surface area contributed by atoms with Crippen molar-refractivity contribution in [2.45, 2.75) is 31.7 Å². The first-order chi connectivity index (χ1) is 13.7. The predicted octanol–water partition coefficient (Wildman–Crippen LogP) is 1.23. The van der Waals surface area contributed by atoms with Crippen LogP contribution in [0.1, 0.15) is 37.3 Å². The molecule has 0 saturated carbocycles. The molecule has 0 aliphatic carbocycles. The zero-order valence-electron chi connectivity index (χ0n) is 16.5. The van der Waals surface area contributed by atoms with E-state index in [1.54, 1.807) is 11.3 Å². The lowest BCUT2D eigenvalue weighted by molar-refractivity contribution is -0.139. The summed E-state index contributed by atoms with van der Waals surface area (Å²) >= 11 is 1.67. The van der Waals surface area contributed by atoms with E-state index in [1.807, 2.05) is 0 Å². The number of thiophene rings is 1. The van der Waals surface area contributed by atoms with Gasteiger partial charge in [0.2, 0.25) is 0 Å². The zero-order valence-corrected chi connectivity index (χ0v) is 17.3. The highest BCUT2D eigenvalue weighted by Gasteiger charge is 2.24. The minimum atomic E-state index is -0.548. The molecule has 0 aromatic carbocycles. The largest absolute Gasteiger partial charge is 0.379 e. The van der Waals surface area contributed by atoms with Gasteiger partial charge >= 0.3 is 11.8 Å². The number of carbonyl (C=O) groups is 2. The average molecular weight is 409 g/mol. The van der Waals surface area contributed by atoms with Gasteiger partial charge in [-0.2, -0.15) is 11.3 Å². The van der Waals surface area contributed by atoms with Crippen molar-refractivity contribution in [1.29, 1.82) is 0 Å². The van der Waals surface area contributed by atoms with Crippen LogP contribution in [0.2, 0.25) is 0 Å². The fourth-order valence-corrected chi connectivity index (χ4v) is 4.54. The SMILES string of the molecule is O=C(NCCN1CCOCC1)C(=O)NC[C@@H](c1ccsc1)N1CCCCCC1. The van der Waals surface area contributed by atoms with Gasteiger partial charge in [-0.15, -0.1) is 0 Å². The van der Waals surface area contributed by atoms with Gasteiger partial charge in [0, 0.05) is 32.7 Å². The third kappa shape index (κ3) is 6.55. The number of hydrogen-bond acceptors (Lipinski definition) is 6. The Labute approximate surface area is 171 Å². The van der Waals surface area contributed by atoms with Crippen LogP contribution >= 0.6 is 11.3 Å². The van der Waals surface area contributed by atoms with E-state index in [0.717, 1.165) is 45.9 Å². The Morgan fingerprint density at radius 2 is 1.75 bits per heavy atom. The normalized spacial score (nSPS) is 20.3. The first-order valence-corrected chi connectivity index (χ1v) is 11.3. The predicted molar refractivity (Wildman–Crippen MR) is 110 cm³/mol. The van der Waals surface area contributed by atoms with Crippen LogP contribution in [0.25, 0.3) is 0 Å². The minimum absolute atomic E-state index is 0.134. The van der Waals surface area contributed by atoms with Crippen LogP contribution in [-0.4, -0.2) is 80.6 Å². The Hall–Kier alpha value is -1.48. The molecular weight excluding hydrogens is 376 g/mol. The Kier molecular flexibility index (Phi) is 8.72. The number of nitrogens with zero attached hydrogens (tertiary/aromatic N) is 2. The summed E-state index contributed by atoms with van der Waals surface area (Å²) in [4.78, 5) is 29.1. The highest BCUT2D eigenvalue weighted by atomic mass is 32.1. The van der Waals surface area contributed by atoms with E-state index < -0.39 is 11.8 Å². The van der Waals surface area contributed by atoms with Crippen molar-refractivity contribution < 1.29 is 14.3 Å². The third-order valence-corrected chi connectivity index (χ3v) is 6.19. The van der Waals surface area contributed by atoms with Crippen LogP contribution < -0.4 is 10.6 Å². The van der Waals surface area contributed by atoms with Crippen molar-refractivity contribution in [2.24, 2.45) is 0 Å². The molecule has 8 heteroatoms. The number of hydrogen-bond donors (Lipinski definition) is 2. The van der Waals surface area contributed by atoms with E-state index in [0.29, 0.717) is 13.1 Å². The summed E-state index contributed by atoms with van der Waals surface area (Å²) in [6.07, 6.45) is 4.92. The maximum Gasteiger partial charge on any atom is 0.309 e. The van der Waals surface area contributed by atoms with Gasteiger partial charge in [-0.05, 0) is 48.3 Å².